The van der Waals surface area contributed by atoms with E-state index in [-0.39, 0.29) is 5.41 Å². The molecule has 0 spiro atoms. The Morgan fingerprint density at radius 2 is 1.93 bits per heavy atom. The highest BCUT2D eigenvalue weighted by Crippen LogP contribution is 2.22. The van der Waals surface area contributed by atoms with Crippen molar-refractivity contribution in [3.05, 3.63) is 0 Å². The molecule has 3 nitrogen and oxygen atoms in total. The van der Waals surface area contributed by atoms with E-state index in [0.29, 0.717) is 6.61 Å². The fourth-order valence-corrected chi connectivity index (χ4v) is 2.07. The number of nitrogens with zero attached hydrogens (tertiary/aromatic N) is 2. The number of hydrogen-bond donors (Lipinski definition) is 1. The molecule has 0 aromatic rings. The zero-order chi connectivity index (χ0) is 11.3. The standard InChI is InChI=1S/C12H26N2O/c1-4-12(2,11-15)10-14-7-5-6-13(3)8-9-14/h15H,4-11H2,1-3H3. The summed E-state index contributed by atoms with van der Waals surface area (Å²) in [6, 6.07) is 0. The lowest BCUT2D eigenvalue weighted by Gasteiger charge is -2.32. The molecule has 1 rings (SSSR count). The second-order valence-electron chi connectivity index (χ2n) is 5.26. The molecule has 0 aromatic carbocycles. The molecule has 1 heterocycles. The molecule has 15 heavy (non-hydrogen) atoms. The second-order valence-corrected chi connectivity index (χ2v) is 5.26. The topological polar surface area (TPSA) is 26.7 Å². The van der Waals surface area contributed by atoms with Crippen molar-refractivity contribution < 1.29 is 5.11 Å². The number of hydrogen-bond acceptors (Lipinski definition) is 3. The molecule has 1 N–H and O–H groups in total. The van der Waals surface area contributed by atoms with Crippen molar-refractivity contribution in [1.29, 1.82) is 0 Å². The Labute approximate surface area is 94.1 Å². The van der Waals surface area contributed by atoms with E-state index < -0.39 is 0 Å². The van der Waals surface area contributed by atoms with E-state index in [1.165, 1.54) is 19.5 Å². The monoisotopic (exact) mass is 214 g/mol. The van der Waals surface area contributed by atoms with Gasteiger partial charge in [-0.1, -0.05) is 13.8 Å². The third kappa shape index (κ3) is 4.09. The predicted octanol–water partition coefficient (Wildman–Crippen LogP) is 1.03. The summed E-state index contributed by atoms with van der Waals surface area (Å²) < 4.78 is 0. The van der Waals surface area contributed by atoms with Crippen LogP contribution in [0.25, 0.3) is 0 Å². The van der Waals surface area contributed by atoms with Gasteiger partial charge in [-0.2, -0.15) is 0 Å². The maximum absolute atomic E-state index is 9.40. The Morgan fingerprint density at radius 1 is 1.20 bits per heavy atom. The van der Waals surface area contributed by atoms with Crippen LogP contribution in [0.2, 0.25) is 0 Å². The smallest absolute Gasteiger partial charge is 0.0496 e. The Kier molecular flexibility index (Phi) is 5.03. The summed E-state index contributed by atoms with van der Waals surface area (Å²) in [7, 11) is 2.19. The van der Waals surface area contributed by atoms with Gasteiger partial charge in [0, 0.05) is 31.7 Å². The first-order valence-electron chi connectivity index (χ1n) is 6.11. The van der Waals surface area contributed by atoms with E-state index in [1.54, 1.807) is 0 Å². The SMILES string of the molecule is CCC(C)(CO)CN1CCCN(C)CC1. The van der Waals surface area contributed by atoms with E-state index >= 15 is 0 Å². The molecule has 0 aromatic heterocycles. The van der Waals surface area contributed by atoms with Crippen molar-refractivity contribution >= 4 is 0 Å². The molecule has 1 atom stereocenters. The van der Waals surface area contributed by atoms with Gasteiger partial charge in [0.2, 0.25) is 0 Å². The number of aliphatic hydroxyl groups is 1. The normalized spacial score (nSPS) is 24.8. The van der Waals surface area contributed by atoms with Crippen LogP contribution in [0.15, 0.2) is 0 Å². The summed E-state index contributed by atoms with van der Waals surface area (Å²) in [5, 5.41) is 9.40. The van der Waals surface area contributed by atoms with Gasteiger partial charge in [0.05, 0.1) is 0 Å². The van der Waals surface area contributed by atoms with Gasteiger partial charge in [-0.05, 0) is 33.0 Å². The highest BCUT2D eigenvalue weighted by molar-refractivity contribution is 4.78. The molecule has 1 saturated heterocycles. The summed E-state index contributed by atoms with van der Waals surface area (Å²) in [6.45, 7) is 10.4. The van der Waals surface area contributed by atoms with Crippen LogP contribution in [0, 0.1) is 5.41 Å². The molecule has 0 aliphatic carbocycles. The van der Waals surface area contributed by atoms with Gasteiger partial charge in [-0.3, -0.25) is 0 Å². The highest BCUT2D eigenvalue weighted by atomic mass is 16.3. The molecular formula is C12H26N2O. The Morgan fingerprint density at radius 3 is 2.53 bits per heavy atom. The molecule has 1 aliphatic rings. The van der Waals surface area contributed by atoms with Crippen LogP contribution in [-0.4, -0.2) is 61.3 Å². The van der Waals surface area contributed by atoms with Gasteiger partial charge >= 0.3 is 0 Å². The number of rotatable bonds is 4. The molecule has 3 heteroatoms. The molecular weight excluding hydrogens is 188 g/mol. The zero-order valence-corrected chi connectivity index (χ0v) is 10.5. The summed E-state index contributed by atoms with van der Waals surface area (Å²) in [4.78, 5) is 4.89. The van der Waals surface area contributed by atoms with Gasteiger partial charge in [-0.25, -0.2) is 0 Å². The maximum atomic E-state index is 9.40. The molecule has 1 unspecified atom stereocenters. The predicted molar refractivity (Wildman–Crippen MR) is 64.0 cm³/mol. The first-order valence-corrected chi connectivity index (χ1v) is 6.11. The summed E-state index contributed by atoms with van der Waals surface area (Å²) in [5.41, 5.74) is 0.0862. The van der Waals surface area contributed by atoms with Crippen LogP contribution in [0.4, 0.5) is 0 Å². The van der Waals surface area contributed by atoms with Crippen molar-refractivity contribution in [3.8, 4) is 0 Å². The highest BCUT2D eigenvalue weighted by Gasteiger charge is 2.25. The van der Waals surface area contributed by atoms with Crippen LogP contribution in [0.1, 0.15) is 26.7 Å². The van der Waals surface area contributed by atoms with Crippen molar-refractivity contribution in [3.63, 3.8) is 0 Å². The van der Waals surface area contributed by atoms with E-state index in [1.807, 2.05) is 0 Å². The largest absolute Gasteiger partial charge is 0.396 e. The van der Waals surface area contributed by atoms with E-state index in [0.717, 1.165) is 26.1 Å². The van der Waals surface area contributed by atoms with Gasteiger partial charge in [0.1, 0.15) is 0 Å². The number of aliphatic hydroxyl groups excluding tert-OH is 1. The van der Waals surface area contributed by atoms with Crippen LogP contribution in [0.5, 0.6) is 0 Å². The average Bonchev–Trinajstić information content (AvgIpc) is 2.44. The molecule has 0 amide bonds. The van der Waals surface area contributed by atoms with Crippen LogP contribution in [-0.2, 0) is 0 Å². The molecule has 1 fully saturated rings. The maximum Gasteiger partial charge on any atom is 0.0496 e. The van der Waals surface area contributed by atoms with Crippen molar-refractivity contribution in [2.24, 2.45) is 5.41 Å². The van der Waals surface area contributed by atoms with Crippen molar-refractivity contribution in [2.75, 3.05) is 46.4 Å². The minimum Gasteiger partial charge on any atom is -0.396 e. The van der Waals surface area contributed by atoms with E-state index in [2.05, 4.69) is 30.7 Å². The minimum absolute atomic E-state index is 0.0862. The van der Waals surface area contributed by atoms with Crippen LogP contribution in [0.3, 0.4) is 0 Å². The molecule has 0 radical (unpaired) electrons. The summed E-state index contributed by atoms with van der Waals surface area (Å²) in [5.74, 6) is 0. The van der Waals surface area contributed by atoms with Crippen LogP contribution >= 0.6 is 0 Å². The fraction of sp³-hybridized carbons (Fsp3) is 1.00. The first kappa shape index (κ1) is 12.9. The molecule has 1 aliphatic heterocycles. The van der Waals surface area contributed by atoms with Crippen LogP contribution < -0.4 is 0 Å². The first-order chi connectivity index (χ1) is 7.09. The Hall–Kier alpha value is -0.120. The molecule has 0 bridgehead atoms. The second kappa shape index (κ2) is 5.83. The van der Waals surface area contributed by atoms with Gasteiger partial charge < -0.3 is 14.9 Å². The third-order valence-corrected chi connectivity index (χ3v) is 3.65. The van der Waals surface area contributed by atoms with Crippen molar-refractivity contribution in [2.45, 2.75) is 26.7 Å². The summed E-state index contributed by atoms with van der Waals surface area (Å²) >= 11 is 0. The minimum atomic E-state index is 0.0862. The Balaban J connectivity index is 2.43. The Bertz CT molecular complexity index is 180. The van der Waals surface area contributed by atoms with E-state index in [9.17, 15) is 5.11 Å². The van der Waals surface area contributed by atoms with Gasteiger partial charge in [0.15, 0.2) is 0 Å². The lowest BCUT2D eigenvalue weighted by atomic mass is 9.88. The van der Waals surface area contributed by atoms with Crippen molar-refractivity contribution in [1.82, 2.24) is 9.80 Å². The van der Waals surface area contributed by atoms with E-state index in [4.69, 9.17) is 0 Å². The molecule has 90 valence electrons. The quantitative estimate of drug-likeness (QED) is 0.757. The number of likely N-dealkylation sites (N-methyl/N-ethyl adjacent to an activating group) is 1. The average molecular weight is 214 g/mol. The lowest BCUT2D eigenvalue weighted by molar-refractivity contribution is 0.0864. The third-order valence-electron chi connectivity index (χ3n) is 3.65. The zero-order valence-electron chi connectivity index (χ0n) is 10.5. The van der Waals surface area contributed by atoms with Gasteiger partial charge in [-0.15, -0.1) is 0 Å². The lowest BCUT2D eigenvalue weighted by Crippen LogP contribution is -2.39. The summed E-state index contributed by atoms with van der Waals surface area (Å²) in [6.07, 6.45) is 2.30. The van der Waals surface area contributed by atoms with Gasteiger partial charge in [0.25, 0.3) is 0 Å². The fourth-order valence-electron chi connectivity index (χ4n) is 2.07. The molecule has 0 saturated carbocycles.